The molecular formula is C26H23ClN2O6S. The van der Waals surface area contributed by atoms with Crippen LogP contribution >= 0.6 is 22.9 Å². The van der Waals surface area contributed by atoms with Gasteiger partial charge in [0.25, 0.3) is 5.78 Å². The number of halogens is 1. The molecule has 1 aliphatic heterocycles. The molecule has 8 nitrogen and oxygen atoms in total. The van der Waals surface area contributed by atoms with Gasteiger partial charge in [-0.25, -0.2) is 9.78 Å². The Morgan fingerprint density at radius 1 is 1.19 bits per heavy atom. The fourth-order valence-corrected chi connectivity index (χ4v) is 5.27. The molecule has 1 aliphatic rings. The molecule has 2 heterocycles. The molecule has 0 spiro atoms. The van der Waals surface area contributed by atoms with Crippen molar-refractivity contribution < 1.29 is 29.0 Å². The summed E-state index contributed by atoms with van der Waals surface area (Å²) < 4.78 is 10.4. The van der Waals surface area contributed by atoms with Crippen LogP contribution in [0.5, 0.6) is 5.75 Å². The van der Waals surface area contributed by atoms with Crippen LogP contribution in [-0.4, -0.2) is 41.5 Å². The Bertz CT molecular complexity index is 1410. The Morgan fingerprint density at radius 3 is 2.58 bits per heavy atom. The van der Waals surface area contributed by atoms with Gasteiger partial charge in [0.2, 0.25) is 0 Å². The van der Waals surface area contributed by atoms with Crippen molar-refractivity contribution in [3.63, 3.8) is 0 Å². The normalized spacial score (nSPS) is 16.9. The largest absolute Gasteiger partial charge is 0.507 e. The minimum atomic E-state index is -1.02. The standard InChI is InChI=1S/C26H23ClN2O6S/c1-5-35-18-10-9-16(11-13(18)2)21(30)19-20(15-7-6-8-17(27)12-15)29(24(32)22(19)31)26-28-14(3)23(36-26)25(33)34-4/h6-12,20,30H,5H2,1-4H3/b21-19+. The number of anilines is 1. The van der Waals surface area contributed by atoms with Crippen molar-refractivity contribution in [3.05, 3.63) is 80.3 Å². The Hall–Kier alpha value is -3.69. The minimum Gasteiger partial charge on any atom is -0.507 e. The third-order valence-corrected chi connectivity index (χ3v) is 7.09. The predicted molar refractivity (Wildman–Crippen MR) is 137 cm³/mol. The highest BCUT2D eigenvalue weighted by atomic mass is 35.5. The van der Waals surface area contributed by atoms with Crippen LogP contribution in [0.3, 0.4) is 0 Å². The number of aliphatic hydroxyl groups excluding tert-OH is 1. The van der Waals surface area contributed by atoms with E-state index in [0.717, 1.165) is 16.9 Å². The zero-order valence-electron chi connectivity index (χ0n) is 20.0. The molecule has 0 radical (unpaired) electrons. The maximum atomic E-state index is 13.3. The molecule has 1 atom stereocenters. The Kier molecular flexibility index (Phi) is 7.14. The van der Waals surface area contributed by atoms with E-state index in [1.807, 2.05) is 13.8 Å². The molecule has 186 valence electrons. The van der Waals surface area contributed by atoms with Crippen molar-refractivity contribution in [1.29, 1.82) is 0 Å². The number of hydrogen-bond donors (Lipinski definition) is 1. The molecule has 1 unspecified atom stereocenters. The van der Waals surface area contributed by atoms with E-state index in [0.29, 0.717) is 34.2 Å². The number of carbonyl (C=O) groups excluding carboxylic acids is 3. The van der Waals surface area contributed by atoms with Gasteiger partial charge in [0.05, 0.1) is 31.0 Å². The summed E-state index contributed by atoms with van der Waals surface area (Å²) >= 11 is 7.17. The highest BCUT2D eigenvalue weighted by molar-refractivity contribution is 7.17. The molecule has 36 heavy (non-hydrogen) atoms. The molecule has 2 aromatic carbocycles. The first kappa shape index (κ1) is 25.4. The smallest absolute Gasteiger partial charge is 0.350 e. The first-order chi connectivity index (χ1) is 17.2. The van der Waals surface area contributed by atoms with Gasteiger partial charge in [0, 0.05) is 10.6 Å². The molecule has 1 saturated heterocycles. The van der Waals surface area contributed by atoms with Gasteiger partial charge in [-0.1, -0.05) is 35.1 Å². The molecule has 0 aliphatic carbocycles. The predicted octanol–water partition coefficient (Wildman–Crippen LogP) is 5.22. The number of ketones is 1. The van der Waals surface area contributed by atoms with Gasteiger partial charge in [0.1, 0.15) is 16.4 Å². The lowest BCUT2D eigenvalue weighted by Crippen LogP contribution is -2.29. The van der Waals surface area contributed by atoms with E-state index < -0.39 is 23.7 Å². The zero-order valence-corrected chi connectivity index (χ0v) is 21.6. The van der Waals surface area contributed by atoms with E-state index in [4.69, 9.17) is 21.1 Å². The molecule has 10 heteroatoms. The second-order valence-corrected chi connectivity index (χ2v) is 9.45. The van der Waals surface area contributed by atoms with Crippen LogP contribution in [0.4, 0.5) is 5.13 Å². The molecule has 0 bridgehead atoms. The van der Waals surface area contributed by atoms with Crippen LogP contribution < -0.4 is 9.64 Å². The Labute approximate surface area is 216 Å². The van der Waals surface area contributed by atoms with E-state index in [1.165, 1.54) is 12.0 Å². The number of aromatic nitrogens is 1. The lowest BCUT2D eigenvalue weighted by atomic mass is 9.95. The monoisotopic (exact) mass is 526 g/mol. The van der Waals surface area contributed by atoms with Crippen molar-refractivity contribution in [2.24, 2.45) is 0 Å². The Morgan fingerprint density at radius 2 is 1.94 bits per heavy atom. The average molecular weight is 527 g/mol. The first-order valence-electron chi connectivity index (χ1n) is 11.0. The maximum absolute atomic E-state index is 13.3. The van der Waals surface area contributed by atoms with Crippen LogP contribution in [0.15, 0.2) is 48.0 Å². The number of ether oxygens (including phenoxy) is 2. The fraction of sp³-hybridized carbons (Fsp3) is 0.231. The van der Waals surface area contributed by atoms with E-state index in [9.17, 15) is 19.5 Å². The van der Waals surface area contributed by atoms with E-state index in [2.05, 4.69) is 4.98 Å². The lowest BCUT2D eigenvalue weighted by molar-refractivity contribution is -0.132. The number of esters is 1. The van der Waals surface area contributed by atoms with Gasteiger partial charge in [-0.3, -0.25) is 14.5 Å². The third-order valence-electron chi connectivity index (χ3n) is 5.72. The topological polar surface area (TPSA) is 106 Å². The van der Waals surface area contributed by atoms with Gasteiger partial charge in [-0.2, -0.15) is 0 Å². The molecule has 1 aromatic heterocycles. The highest BCUT2D eigenvalue weighted by Crippen LogP contribution is 2.44. The van der Waals surface area contributed by atoms with Crippen LogP contribution in [0.2, 0.25) is 5.02 Å². The zero-order chi connectivity index (χ0) is 26.1. The summed E-state index contributed by atoms with van der Waals surface area (Å²) in [5.41, 5.74) is 1.85. The average Bonchev–Trinajstić information content (AvgIpc) is 3.36. The summed E-state index contributed by atoms with van der Waals surface area (Å²) in [7, 11) is 1.25. The number of Topliss-reactive ketones (excluding diaryl/α,β-unsaturated/α-hetero) is 1. The van der Waals surface area contributed by atoms with E-state index in [1.54, 1.807) is 49.4 Å². The van der Waals surface area contributed by atoms with Crippen LogP contribution in [0, 0.1) is 13.8 Å². The van der Waals surface area contributed by atoms with Gasteiger partial charge in [-0.15, -0.1) is 0 Å². The van der Waals surface area contributed by atoms with Crippen LogP contribution in [-0.2, 0) is 14.3 Å². The first-order valence-corrected chi connectivity index (χ1v) is 12.2. The van der Waals surface area contributed by atoms with Crippen molar-refractivity contribution in [2.75, 3.05) is 18.6 Å². The highest BCUT2D eigenvalue weighted by Gasteiger charge is 2.48. The van der Waals surface area contributed by atoms with Crippen molar-refractivity contribution in [1.82, 2.24) is 4.98 Å². The summed E-state index contributed by atoms with van der Waals surface area (Å²) in [6.07, 6.45) is 0. The second-order valence-electron chi connectivity index (χ2n) is 8.04. The molecule has 4 rings (SSSR count). The number of rotatable bonds is 6. The molecule has 0 saturated carbocycles. The third kappa shape index (κ3) is 4.47. The van der Waals surface area contributed by atoms with Crippen LogP contribution in [0.25, 0.3) is 5.76 Å². The molecule has 1 N–H and O–H groups in total. The summed E-state index contributed by atoms with van der Waals surface area (Å²) in [6, 6.07) is 10.7. The second kappa shape index (κ2) is 10.1. The fourth-order valence-electron chi connectivity index (χ4n) is 4.06. The number of aliphatic hydroxyl groups is 1. The van der Waals surface area contributed by atoms with E-state index in [-0.39, 0.29) is 21.3 Å². The van der Waals surface area contributed by atoms with Gasteiger partial charge < -0.3 is 14.6 Å². The summed E-state index contributed by atoms with van der Waals surface area (Å²) in [5, 5.41) is 11.8. The van der Waals surface area contributed by atoms with E-state index >= 15 is 0 Å². The number of thiazole rings is 1. The van der Waals surface area contributed by atoms with Crippen LogP contribution in [0.1, 0.15) is 45.0 Å². The van der Waals surface area contributed by atoms with Crippen molar-refractivity contribution in [2.45, 2.75) is 26.8 Å². The minimum absolute atomic E-state index is 0.113. The van der Waals surface area contributed by atoms with Crippen molar-refractivity contribution in [3.8, 4) is 5.75 Å². The maximum Gasteiger partial charge on any atom is 0.350 e. The number of nitrogens with zero attached hydrogens (tertiary/aromatic N) is 2. The SMILES string of the molecule is CCOc1ccc(/C(O)=C2\C(=O)C(=O)N(c3nc(C)c(C(=O)OC)s3)C2c2cccc(Cl)c2)cc1C. The summed E-state index contributed by atoms with van der Waals surface area (Å²) in [5.74, 6) is -2.05. The summed E-state index contributed by atoms with van der Waals surface area (Å²) in [4.78, 5) is 44.6. The lowest BCUT2D eigenvalue weighted by Gasteiger charge is -2.23. The quantitative estimate of drug-likeness (QED) is 0.203. The number of carbonyl (C=O) groups is 3. The molecule has 1 fully saturated rings. The number of aryl methyl sites for hydroxylation is 2. The summed E-state index contributed by atoms with van der Waals surface area (Å²) in [6.45, 7) is 5.78. The molecular weight excluding hydrogens is 504 g/mol. The number of amides is 1. The van der Waals surface area contributed by atoms with Gasteiger partial charge >= 0.3 is 11.9 Å². The Balaban J connectivity index is 1.92. The number of benzene rings is 2. The molecule has 3 aromatic rings. The van der Waals surface area contributed by atoms with Gasteiger partial charge in [0.15, 0.2) is 5.13 Å². The van der Waals surface area contributed by atoms with Crippen molar-refractivity contribution >= 4 is 51.5 Å². The number of hydrogen-bond acceptors (Lipinski definition) is 8. The van der Waals surface area contributed by atoms with Gasteiger partial charge in [-0.05, 0) is 62.2 Å². The number of methoxy groups -OCH3 is 1. The molecule has 1 amide bonds.